The lowest BCUT2D eigenvalue weighted by molar-refractivity contribution is -0.154. The van der Waals surface area contributed by atoms with E-state index in [1.807, 2.05) is 61.5 Å². The minimum Gasteiger partial charge on any atom is -0.461 e. The molecule has 3 aromatic rings. The Morgan fingerprint density at radius 1 is 1.00 bits per heavy atom. The van der Waals surface area contributed by atoms with E-state index in [-0.39, 0.29) is 13.2 Å². The summed E-state index contributed by atoms with van der Waals surface area (Å²) >= 11 is 0. The number of carbonyl (C=O) groups excluding carboxylic acids is 2. The molecule has 3 aromatic carbocycles. The molecule has 164 valence electrons. The molecule has 3 rings (SSSR count). The number of carbonyl (C=O) groups is 2. The predicted octanol–water partition coefficient (Wildman–Crippen LogP) is 3.83. The first-order valence-electron chi connectivity index (χ1n) is 10.5. The van der Waals surface area contributed by atoms with E-state index in [2.05, 4.69) is 5.32 Å². The van der Waals surface area contributed by atoms with Crippen molar-refractivity contribution in [1.29, 1.82) is 0 Å². The molecule has 0 aliphatic rings. The summed E-state index contributed by atoms with van der Waals surface area (Å²) in [6.07, 6.45) is 0.310. The maximum absolute atomic E-state index is 13.0. The number of esters is 2. The van der Waals surface area contributed by atoms with Crippen LogP contribution in [-0.4, -0.2) is 48.9 Å². The van der Waals surface area contributed by atoms with Gasteiger partial charge in [0.2, 0.25) is 0 Å². The van der Waals surface area contributed by atoms with Crippen LogP contribution in [0.2, 0.25) is 0 Å². The van der Waals surface area contributed by atoms with Crippen LogP contribution in [0.4, 0.5) is 0 Å². The molecule has 6 nitrogen and oxygen atoms in total. The summed E-state index contributed by atoms with van der Waals surface area (Å²) in [6, 6.07) is 17.3. The van der Waals surface area contributed by atoms with Gasteiger partial charge in [-0.3, -0.25) is 4.79 Å². The maximum atomic E-state index is 13.0. The Bertz CT molecular complexity index is 1030. The fraction of sp³-hybridized carbons (Fsp3) is 0.360. The molecule has 6 heteroatoms. The molecule has 0 saturated carbocycles. The van der Waals surface area contributed by atoms with Crippen LogP contribution < -0.4 is 5.32 Å². The van der Waals surface area contributed by atoms with Gasteiger partial charge in [0.15, 0.2) is 0 Å². The third kappa shape index (κ3) is 5.03. The number of benzene rings is 3. The smallest absolute Gasteiger partial charge is 0.339 e. The van der Waals surface area contributed by atoms with E-state index in [1.165, 1.54) is 0 Å². The minimum atomic E-state index is -1.11. The Balaban J connectivity index is 1.69. The van der Waals surface area contributed by atoms with Crippen molar-refractivity contribution in [2.45, 2.75) is 38.3 Å². The molecule has 0 amide bonds. The number of nitrogens with one attached hydrogen (secondary N) is 1. The van der Waals surface area contributed by atoms with Crippen molar-refractivity contribution in [3.63, 3.8) is 0 Å². The molecular weight excluding hydrogens is 394 g/mol. The van der Waals surface area contributed by atoms with Gasteiger partial charge in [-0.2, -0.15) is 0 Å². The second-order valence-electron chi connectivity index (χ2n) is 7.88. The number of hydrogen-bond acceptors (Lipinski definition) is 6. The highest BCUT2D eigenvalue weighted by molar-refractivity contribution is 6.16. The molecule has 2 atom stereocenters. The van der Waals surface area contributed by atoms with Gasteiger partial charge in [-0.05, 0) is 48.0 Å². The Hall–Kier alpha value is -2.96. The maximum Gasteiger partial charge on any atom is 0.339 e. The molecule has 31 heavy (non-hydrogen) atoms. The Morgan fingerprint density at radius 3 is 2.10 bits per heavy atom. The van der Waals surface area contributed by atoms with Crippen LogP contribution >= 0.6 is 0 Å². The third-order valence-electron chi connectivity index (χ3n) is 5.54. The largest absolute Gasteiger partial charge is 0.461 e. The van der Waals surface area contributed by atoms with Crippen LogP contribution in [0.1, 0.15) is 37.0 Å². The Labute approximate surface area is 182 Å². The van der Waals surface area contributed by atoms with E-state index in [0.717, 1.165) is 28.0 Å². The summed E-state index contributed by atoms with van der Waals surface area (Å²) < 4.78 is 10.7. The molecule has 2 unspecified atom stereocenters. The Kier molecular flexibility index (Phi) is 7.25. The van der Waals surface area contributed by atoms with Gasteiger partial charge in [-0.1, -0.05) is 61.9 Å². The van der Waals surface area contributed by atoms with Gasteiger partial charge in [0, 0.05) is 0 Å². The highest BCUT2D eigenvalue weighted by Crippen LogP contribution is 2.29. The van der Waals surface area contributed by atoms with E-state index in [0.29, 0.717) is 12.0 Å². The molecule has 0 aliphatic carbocycles. The van der Waals surface area contributed by atoms with Crippen LogP contribution in [0.3, 0.4) is 0 Å². The zero-order valence-electron chi connectivity index (χ0n) is 18.2. The van der Waals surface area contributed by atoms with Gasteiger partial charge in [0.1, 0.15) is 24.9 Å². The highest BCUT2D eigenvalue weighted by Gasteiger charge is 2.32. The lowest BCUT2D eigenvalue weighted by Crippen LogP contribution is -2.49. The zero-order chi connectivity index (χ0) is 22.4. The van der Waals surface area contributed by atoms with Crippen LogP contribution in [0.15, 0.2) is 54.6 Å². The summed E-state index contributed by atoms with van der Waals surface area (Å²) in [7, 11) is 1.70. The second-order valence-corrected chi connectivity index (χ2v) is 7.88. The van der Waals surface area contributed by atoms with Crippen LogP contribution in [0, 0.1) is 0 Å². The standard InChI is InChI=1S/C25H29NO5/c1-4-13-25(2,26-3)24(29)31-16-19(27)15-30-23(28)22-20-11-7-5-9-17(20)14-18-10-6-8-12-21(18)22/h5-12,14,19,26-27H,4,13,15-16H2,1-3H3. The summed E-state index contributed by atoms with van der Waals surface area (Å²) in [4.78, 5) is 25.3. The average Bonchev–Trinajstić information content (AvgIpc) is 2.79. The number of fused-ring (bicyclic) bond motifs is 2. The first kappa shape index (κ1) is 22.7. The summed E-state index contributed by atoms with van der Waals surface area (Å²) in [5.74, 6) is -0.966. The number of aliphatic hydroxyl groups excluding tert-OH is 1. The lowest BCUT2D eigenvalue weighted by Gasteiger charge is -2.26. The third-order valence-corrected chi connectivity index (χ3v) is 5.54. The molecule has 0 radical (unpaired) electrons. The van der Waals surface area contributed by atoms with Crippen LogP contribution in [0.5, 0.6) is 0 Å². The molecule has 0 saturated heterocycles. The fourth-order valence-corrected chi connectivity index (χ4v) is 3.69. The van der Waals surface area contributed by atoms with Gasteiger partial charge in [-0.15, -0.1) is 0 Å². The Morgan fingerprint density at radius 2 is 1.55 bits per heavy atom. The van der Waals surface area contributed by atoms with Gasteiger partial charge in [-0.25, -0.2) is 4.79 Å². The van der Waals surface area contributed by atoms with Crippen molar-refractivity contribution in [2.75, 3.05) is 20.3 Å². The molecule has 0 heterocycles. The molecule has 0 fully saturated rings. The van der Waals surface area contributed by atoms with Crippen LogP contribution in [-0.2, 0) is 14.3 Å². The van der Waals surface area contributed by atoms with Crippen molar-refractivity contribution >= 4 is 33.5 Å². The minimum absolute atomic E-state index is 0.247. The van der Waals surface area contributed by atoms with E-state index >= 15 is 0 Å². The van der Waals surface area contributed by atoms with Crippen molar-refractivity contribution in [3.05, 3.63) is 60.2 Å². The average molecular weight is 424 g/mol. The normalized spacial score (nSPS) is 14.2. The SMILES string of the molecule is CCCC(C)(NC)C(=O)OCC(O)COC(=O)c1c2ccccc2cc2ccccc12. The quantitative estimate of drug-likeness (QED) is 0.402. The van der Waals surface area contributed by atoms with E-state index < -0.39 is 23.6 Å². The first-order valence-corrected chi connectivity index (χ1v) is 10.5. The monoisotopic (exact) mass is 423 g/mol. The number of rotatable bonds is 9. The van der Waals surface area contributed by atoms with E-state index in [1.54, 1.807) is 14.0 Å². The fourth-order valence-electron chi connectivity index (χ4n) is 3.69. The van der Waals surface area contributed by atoms with Crippen molar-refractivity contribution < 1.29 is 24.2 Å². The van der Waals surface area contributed by atoms with Crippen molar-refractivity contribution in [2.24, 2.45) is 0 Å². The number of aliphatic hydroxyl groups is 1. The number of hydrogen-bond donors (Lipinski definition) is 2. The molecule has 0 aliphatic heterocycles. The molecule has 0 spiro atoms. The zero-order valence-corrected chi connectivity index (χ0v) is 18.2. The van der Waals surface area contributed by atoms with Gasteiger partial charge < -0.3 is 19.9 Å². The van der Waals surface area contributed by atoms with Crippen LogP contribution in [0.25, 0.3) is 21.5 Å². The highest BCUT2D eigenvalue weighted by atomic mass is 16.6. The van der Waals surface area contributed by atoms with Gasteiger partial charge >= 0.3 is 11.9 Å². The van der Waals surface area contributed by atoms with E-state index in [4.69, 9.17) is 9.47 Å². The summed E-state index contributed by atoms with van der Waals surface area (Å²) in [5.41, 5.74) is -0.351. The van der Waals surface area contributed by atoms with E-state index in [9.17, 15) is 14.7 Å². The lowest BCUT2D eigenvalue weighted by atomic mass is 9.97. The molecule has 2 N–H and O–H groups in total. The topological polar surface area (TPSA) is 84.9 Å². The molecular formula is C25H29NO5. The van der Waals surface area contributed by atoms with Crippen molar-refractivity contribution in [3.8, 4) is 0 Å². The summed E-state index contributed by atoms with van der Waals surface area (Å²) in [6.45, 7) is 3.22. The number of ether oxygens (including phenoxy) is 2. The van der Waals surface area contributed by atoms with Gasteiger partial charge in [0.25, 0.3) is 0 Å². The molecule has 0 aromatic heterocycles. The first-order chi connectivity index (χ1) is 14.9. The summed E-state index contributed by atoms with van der Waals surface area (Å²) in [5, 5.41) is 16.6. The number of likely N-dealkylation sites (N-methyl/N-ethyl adjacent to an activating group) is 1. The second kappa shape index (κ2) is 9.90. The predicted molar refractivity (Wildman–Crippen MR) is 121 cm³/mol. The van der Waals surface area contributed by atoms with Crippen molar-refractivity contribution in [1.82, 2.24) is 5.32 Å². The molecule has 0 bridgehead atoms. The van der Waals surface area contributed by atoms with Gasteiger partial charge in [0.05, 0.1) is 5.56 Å².